The summed E-state index contributed by atoms with van der Waals surface area (Å²) in [6.07, 6.45) is 1.73. The van der Waals surface area contributed by atoms with Gasteiger partial charge in [-0.3, -0.25) is 4.79 Å². The van der Waals surface area contributed by atoms with E-state index in [1.54, 1.807) is 11.6 Å². The lowest BCUT2D eigenvalue weighted by Crippen LogP contribution is -2.25. The smallest absolute Gasteiger partial charge is 0.271 e. The number of amides is 1. The van der Waals surface area contributed by atoms with Crippen LogP contribution >= 0.6 is 36.2 Å². The number of pyridine rings is 1. The molecular weight excluding hydrogens is 345 g/mol. The lowest BCUT2D eigenvalue weighted by atomic mass is 10.2. The van der Waals surface area contributed by atoms with Crippen LogP contribution < -0.4 is 16.0 Å². The molecule has 0 fully saturated rings. The lowest BCUT2D eigenvalue weighted by molar-refractivity contribution is 0.0946. The summed E-state index contributed by atoms with van der Waals surface area (Å²) in [4.78, 5) is 22.3. The third kappa shape index (κ3) is 5.10. The van der Waals surface area contributed by atoms with Gasteiger partial charge >= 0.3 is 0 Å². The average Bonchev–Trinajstić information content (AvgIpc) is 2.94. The SMILES string of the molecule is CN(C)c1ncccc1CNC(=O)c1csc(CN)n1.Cl.Cl. The van der Waals surface area contributed by atoms with Crippen LogP contribution in [0, 0.1) is 0 Å². The lowest BCUT2D eigenvalue weighted by Gasteiger charge is -2.15. The van der Waals surface area contributed by atoms with E-state index in [-0.39, 0.29) is 30.7 Å². The van der Waals surface area contributed by atoms with Crippen molar-refractivity contribution in [3.8, 4) is 0 Å². The minimum atomic E-state index is -0.200. The molecule has 0 aromatic carbocycles. The molecule has 9 heteroatoms. The third-order valence-corrected chi connectivity index (χ3v) is 3.56. The highest BCUT2D eigenvalue weighted by molar-refractivity contribution is 7.09. The van der Waals surface area contributed by atoms with Crippen molar-refractivity contribution in [2.45, 2.75) is 13.1 Å². The van der Waals surface area contributed by atoms with Crippen LogP contribution in [0.4, 0.5) is 5.82 Å². The molecule has 0 aliphatic rings. The van der Waals surface area contributed by atoms with Gasteiger partial charge in [-0.2, -0.15) is 0 Å². The summed E-state index contributed by atoms with van der Waals surface area (Å²) >= 11 is 1.39. The molecule has 22 heavy (non-hydrogen) atoms. The van der Waals surface area contributed by atoms with Gasteiger partial charge in [0.25, 0.3) is 5.91 Å². The van der Waals surface area contributed by atoms with E-state index in [4.69, 9.17) is 5.73 Å². The Morgan fingerprint density at radius 1 is 1.41 bits per heavy atom. The van der Waals surface area contributed by atoms with E-state index in [1.807, 2.05) is 31.1 Å². The molecule has 3 N–H and O–H groups in total. The predicted molar refractivity (Wildman–Crippen MR) is 94.2 cm³/mol. The first-order valence-corrected chi connectivity index (χ1v) is 7.03. The largest absolute Gasteiger partial charge is 0.362 e. The highest BCUT2D eigenvalue weighted by atomic mass is 35.5. The van der Waals surface area contributed by atoms with Gasteiger partial charge in [0.15, 0.2) is 0 Å². The van der Waals surface area contributed by atoms with E-state index in [1.165, 1.54) is 11.3 Å². The summed E-state index contributed by atoms with van der Waals surface area (Å²) in [5, 5.41) is 5.32. The first kappa shape index (κ1) is 20.6. The second-order valence-electron chi connectivity index (χ2n) is 4.39. The van der Waals surface area contributed by atoms with Crippen molar-refractivity contribution in [3.63, 3.8) is 0 Å². The molecule has 0 aliphatic carbocycles. The van der Waals surface area contributed by atoms with Crippen LogP contribution in [0.25, 0.3) is 0 Å². The van der Waals surface area contributed by atoms with Gasteiger partial charge in [-0.15, -0.1) is 36.2 Å². The van der Waals surface area contributed by atoms with E-state index >= 15 is 0 Å². The zero-order chi connectivity index (χ0) is 14.5. The number of thiazole rings is 1. The fraction of sp³-hybridized carbons (Fsp3) is 0.308. The minimum absolute atomic E-state index is 0. The van der Waals surface area contributed by atoms with Crippen LogP contribution in [-0.2, 0) is 13.1 Å². The Kier molecular flexibility index (Phi) is 8.96. The molecule has 0 unspecified atom stereocenters. The molecule has 0 bridgehead atoms. The van der Waals surface area contributed by atoms with Crippen molar-refractivity contribution in [1.82, 2.24) is 15.3 Å². The summed E-state index contributed by atoms with van der Waals surface area (Å²) in [6, 6.07) is 3.79. The minimum Gasteiger partial charge on any atom is -0.362 e. The second-order valence-corrected chi connectivity index (χ2v) is 5.34. The normalized spacial score (nSPS) is 9.41. The van der Waals surface area contributed by atoms with Crippen LogP contribution in [0.3, 0.4) is 0 Å². The number of rotatable bonds is 5. The van der Waals surface area contributed by atoms with Gasteiger partial charge in [0, 0.05) is 44.3 Å². The zero-order valence-corrected chi connectivity index (χ0v) is 14.7. The highest BCUT2D eigenvalue weighted by Crippen LogP contribution is 2.14. The van der Waals surface area contributed by atoms with Crippen molar-refractivity contribution in [1.29, 1.82) is 0 Å². The Bertz CT molecular complexity index is 606. The average molecular weight is 364 g/mol. The molecule has 0 aliphatic heterocycles. The number of hydrogen-bond donors (Lipinski definition) is 2. The third-order valence-electron chi connectivity index (χ3n) is 2.69. The van der Waals surface area contributed by atoms with Gasteiger partial charge in [-0.05, 0) is 6.07 Å². The highest BCUT2D eigenvalue weighted by Gasteiger charge is 2.11. The molecule has 2 aromatic rings. The molecular formula is C13H19Cl2N5OS. The van der Waals surface area contributed by atoms with Crippen LogP contribution in [-0.4, -0.2) is 30.0 Å². The summed E-state index contributed by atoms with van der Waals surface area (Å²) in [5.74, 6) is 0.642. The number of carbonyl (C=O) groups excluding carboxylic acids is 1. The van der Waals surface area contributed by atoms with Crippen molar-refractivity contribution >= 4 is 47.9 Å². The van der Waals surface area contributed by atoms with E-state index in [9.17, 15) is 4.79 Å². The quantitative estimate of drug-likeness (QED) is 0.846. The molecule has 2 aromatic heterocycles. The standard InChI is InChI=1S/C13H17N5OS.2ClH/c1-18(2)12-9(4-3-5-15-12)7-16-13(19)10-8-20-11(6-14)17-10;;/h3-5,8H,6-7,14H2,1-2H3,(H,16,19);2*1H. The molecule has 2 heterocycles. The molecule has 0 radical (unpaired) electrons. The van der Waals surface area contributed by atoms with Crippen LogP contribution in [0.1, 0.15) is 21.1 Å². The van der Waals surface area contributed by atoms with Gasteiger partial charge in [0.05, 0.1) is 0 Å². The van der Waals surface area contributed by atoms with Crippen molar-refractivity contribution < 1.29 is 4.79 Å². The summed E-state index contributed by atoms with van der Waals surface area (Å²) < 4.78 is 0. The Morgan fingerprint density at radius 2 is 2.14 bits per heavy atom. The van der Waals surface area contributed by atoms with E-state index in [0.29, 0.717) is 18.8 Å². The maximum absolute atomic E-state index is 12.0. The molecule has 122 valence electrons. The number of hydrogen-bond acceptors (Lipinski definition) is 6. The number of anilines is 1. The van der Waals surface area contributed by atoms with Crippen LogP contribution in [0.2, 0.25) is 0 Å². The maximum Gasteiger partial charge on any atom is 0.271 e. The monoisotopic (exact) mass is 363 g/mol. The predicted octanol–water partition coefficient (Wildman–Crippen LogP) is 1.84. The molecule has 0 atom stereocenters. The maximum atomic E-state index is 12.0. The topological polar surface area (TPSA) is 84.1 Å². The van der Waals surface area contributed by atoms with Gasteiger partial charge in [-0.1, -0.05) is 6.07 Å². The van der Waals surface area contributed by atoms with E-state index in [0.717, 1.165) is 16.4 Å². The van der Waals surface area contributed by atoms with Gasteiger partial charge in [0.1, 0.15) is 16.5 Å². The number of aromatic nitrogens is 2. The Labute approximate surface area is 146 Å². The van der Waals surface area contributed by atoms with Crippen LogP contribution in [0.15, 0.2) is 23.7 Å². The van der Waals surface area contributed by atoms with E-state index in [2.05, 4.69) is 15.3 Å². The number of nitrogens with zero attached hydrogens (tertiary/aromatic N) is 3. The fourth-order valence-corrected chi connectivity index (χ4v) is 2.40. The van der Waals surface area contributed by atoms with E-state index < -0.39 is 0 Å². The summed E-state index contributed by atoms with van der Waals surface area (Å²) in [6.45, 7) is 0.765. The number of nitrogens with one attached hydrogen (secondary N) is 1. The Hall–Kier alpha value is -1.41. The number of halogens is 2. The first-order chi connectivity index (χ1) is 9.61. The summed E-state index contributed by atoms with van der Waals surface area (Å²) in [5.41, 5.74) is 6.85. The van der Waals surface area contributed by atoms with Gasteiger partial charge < -0.3 is 16.0 Å². The van der Waals surface area contributed by atoms with Crippen LogP contribution in [0.5, 0.6) is 0 Å². The molecule has 1 amide bonds. The van der Waals surface area contributed by atoms with Crippen molar-refractivity contribution in [2.24, 2.45) is 5.73 Å². The zero-order valence-electron chi connectivity index (χ0n) is 12.3. The van der Waals surface area contributed by atoms with Gasteiger partial charge in [0.2, 0.25) is 0 Å². The van der Waals surface area contributed by atoms with Gasteiger partial charge in [-0.25, -0.2) is 9.97 Å². The Morgan fingerprint density at radius 3 is 2.73 bits per heavy atom. The molecule has 0 saturated carbocycles. The molecule has 0 saturated heterocycles. The molecule has 6 nitrogen and oxygen atoms in total. The number of carbonyl (C=O) groups is 1. The van der Waals surface area contributed by atoms with Crippen molar-refractivity contribution in [2.75, 3.05) is 19.0 Å². The fourth-order valence-electron chi connectivity index (χ4n) is 1.75. The first-order valence-electron chi connectivity index (χ1n) is 6.15. The molecule has 0 spiro atoms. The van der Waals surface area contributed by atoms with Crippen molar-refractivity contribution in [3.05, 3.63) is 40.0 Å². The summed E-state index contributed by atoms with van der Waals surface area (Å²) in [7, 11) is 3.84. The second kappa shape index (κ2) is 9.58. The Balaban J connectivity index is 0.00000220. The molecule has 2 rings (SSSR count). The number of nitrogens with two attached hydrogens (primary N) is 1.